The Labute approximate surface area is 138 Å². The van der Waals surface area contributed by atoms with Gasteiger partial charge in [-0.05, 0) is 64.8 Å². The lowest BCUT2D eigenvalue weighted by Crippen LogP contribution is -2.50. The van der Waals surface area contributed by atoms with Crippen LogP contribution in [-0.2, 0) is 9.59 Å². The number of benzene rings is 1. The van der Waals surface area contributed by atoms with Gasteiger partial charge in [0.2, 0.25) is 11.8 Å². The van der Waals surface area contributed by atoms with Crippen LogP contribution >= 0.6 is 0 Å². The van der Waals surface area contributed by atoms with Gasteiger partial charge in [-0.15, -0.1) is 0 Å². The average Bonchev–Trinajstić information content (AvgIpc) is 2.35. The molecule has 0 aliphatic rings. The number of carbonyl (C=O) groups is 2. The maximum Gasteiger partial charge on any atom is 0.242 e. The first-order valence-corrected chi connectivity index (χ1v) is 7.89. The Hall–Kier alpha value is -2.04. The minimum atomic E-state index is -0.567. The van der Waals surface area contributed by atoms with Gasteiger partial charge in [-0.2, -0.15) is 0 Å². The van der Waals surface area contributed by atoms with Crippen molar-refractivity contribution < 1.29 is 14.3 Å². The molecule has 0 aliphatic heterocycles. The van der Waals surface area contributed by atoms with Crippen LogP contribution in [0.1, 0.15) is 45.2 Å². The summed E-state index contributed by atoms with van der Waals surface area (Å²) in [6, 6.07) is 5.37. The van der Waals surface area contributed by atoms with E-state index in [-0.39, 0.29) is 30.4 Å². The third-order valence-electron chi connectivity index (χ3n) is 3.06. The van der Waals surface area contributed by atoms with Crippen molar-refractivity contribution in [2.24, 2.45) is 0 Å². The molecule has 0 bridgehead atoms. The van der Waals surface area contributed by atoms with E-state index in [1.54, 1.807) is 6.92 Å². The summed E-state index contributed by atoms with van der Waals surface area (Å²) in [7, 11) is 0. The Balaban J connectivity index is 2.38. The smallest absolute Gasteiger partial charge is 0.242 e. The van der Waals surface area contributed by atoms with Gasteiger partial charge < -0.3 is 15.4 Å². The molecule has 1 aromatic carbocycles. The van der Waals surface area contributed by atoms with E-state index in [0.717, 1.165) is 16.9 Å². The molecule has 5 nitrogen and oxygen atoms in total. The fourth-order valence-electron chi connectivity index (χ4n) is 2.13. The molecule has 128 valence electrons. The minimum absolute atomic E-state index is 0.193. The number of nitrogens with one attached hydrogen (secondary N) is 2. The van der Waals surface area contributed by atoms with Crippen molar-refractivity contribution in [3.8, 4) is 5.75 Å². The second kappa shape index (κ2) is 7.99. The SMILES string of the molecule is Cc1cc(C)cc(OCCC(=O)NC(C)C(=O)NC(C)(C)C)c1. The molecule has 0 saturated heterocycles. The van der Waals surface area contributed by atoms with E-state index in [4.69, 9.17) is 4.74 Å². The summed E-state index contributed by atoms with van der Waals surface area (Å²) < 4.78 is 5.60. The highest BCUT2D eigenvalue weighted by Crippen LogP contribution is 2.16. The van der Waals surface area contributed by atoms with Gasteiger partial charge >= 0.3 is 0 Å². The average molecular weight is 320 g/mol. The van der Waals surface area contributed by atoms with Crippen LogP contribution in [0, 0.1) is 13.8 Å². The van der Waals surface area contributed by atoms with Crippen molar-refractivity contribution in [1.82, 2.24) is 10.6 Å². The van der Waals surface area contributed by atoms with Crippen LogP contribution in [0.4, 0.5) is 0 Å². The third-order valence-corrected chi connectivity index (χ3v) is 3.06. The molecule has 23 heavy (non-hydrogen) atoms. The molecule has 2 N–H and O–H groups in total. The maximum atomic E-state index is 11.9. The summed E-state index contributed by atoms with van der Waals surface area (Å²) in [6.45, 7) is 11.7. The number of rotatable bonds is 6. The highest BCUT2D eigenvalue weighted by atomic mass is 16.5. The first kappa shape index (κ1) is 19.0. The van der Waals surface area contributed by atoms with Crippen LogP contribution < -0.4 is 15.4 Å². The second-order valence-electron chi connectivity index (χ2n) is 6.95. The Bertz CT molecular complexity index is 542. The van der Waals surface area contributed by atoms with Crippen LogP contribution in [0.2, 0.25) is 0 Å². The van der Waals surface area contributed by atoms with Crippen molar-refractivity contribution in [2.45, 2.75) is 59.5 Å². The van der Waals surface area contributed by atoms with Gasteiger partial charge in [0.25, 0.3) is 0 Å². The van der Waals surface area contributed by atoms with Crippen LogP contribution in [0.3, 0.4) is 0 Å². The molecule has 1 rings (SSSR count). The monoisotopic (exact) mass is 320 g/mol. The van der Waals surface area contributed by atoms with E-state index < -0.39 is 6.04 Å². The Morgan fingerprint density at radius 1 is 1.13 bits per heavy atom. The first-order valence-electron chi connectivity index (χ1n) is 7.89. The molecular weight excluding hydrogens is 292 g/mol. The zero-order chi connectivity index (χ0) is 17.6. The summed E-state index contributed by atoms with van der Waals surface area (Å²) in [5.74, 6) is 0.362. The van der Waals surface area contributed by atoms with Gasteiger partial charge in [-0.1, -0.05) is 6.07 Å². The molecule has 2 amide bonds. The molecule has 0 radical (unpaired) electrons. The normalized spacial score (nSPS) is 12.4. The predicted molar refractivity (Wildman–Crippen MR) is 91.5 cm³/mol. The summed E-state index contributed by atoms with van der Waals surface area (Å²) >= 11 is 0. The minimum Gasteiger partial charge on any atom is -0.493 e. The maximum absolute atomic E-state index is 11.9. The highest BCUT2D eigenvalue weighted by molar-refractivity contribution is 5.87. The number of hydrogen-bond donors (Lipinski definition) is 2. The highest BCUT2D eigenvalue weighted by Gasteiger charge is 2.20. The van der Waals surface area contributed by atoms with E-state index in [9.17, 15) is 9.59 Å². The lowest BCUT2D eigenvalue weighted by Gasteiger charge is -2.23. The number of hydrogen-bond acceptors (Lipinski definition) is 3. The van der Waals surface area contributed by atoms with E-state index in [1.165, 1.54) is 0 Å². The topological polar surface area (TPSA) is 67.4 Å². The van der Waals surface area contributed by atoms with E-state index in [1.807, 2.05) is 46.8 Å². The summed E-state index contributed by atoms with van der Waals surface area (Å²) in [5, 5.41) is 5.51. The third kappa shape index (κ3) is 7.68. The summed E-state index contributed by atoms with van der Waals surface area (Å²) in [4.78, 5) is 23.8. The lowest BCUT2D eigenvalue weighted by molar-refractivity contribution is -0.129. The zero-order valence-corrected chi connectivity index (χ0v) is 14.9. The van der Waals surface area contributed by atoms with Gasteiger partial charge in [0.05, 0.1) is 13.0 Å². The number of amides is 2. The van der Waals surface area contributed by atoms with Crippen molar-refractivity contribution in [1.29, 1.82) is 0 Å². The molecular formula is C18H28N2O3. The van der Waals surface area contributed by atoms with Crippen LogP contribution in [0.15, 0.2) is 18.2 Å². The Morgan fingerprint density at radius 3 is 2.22 bits per heavy atom. The van der Waals surface area contributed by atoms with Gasteiger partial charge in [0, 0.05) is 5.54 Å². The quantitative estimate of drug-likeness (QED) is 0.846. The molecule has 1 aromatic rings. The predicted octanol–water partition coefficient (Wildman–Crippen LogP) is 2.49. The van der Waals surface area contributed by atoms with Gasteiger partial charge in [0.15, 0.2) is 0 Å². The molecule has 0 spiro atoms. The molecule has 0 saturated carbocycles. The van der Waals surface area contributed by atoms with Gasteiger partial charge in [-0.3, -0.25) is 9.59 Å². The first-order chi connectivity index (χ1) is 10.6. The van der Waals surface area contributed by atoms with Crippen molar-refractivity contribution in [3.05, 3.63) is 29.3 Å². The number of ether oxygens (including phenoxy) is 1. The molecule has 0 aliphatic carbocycles. The molecule has 0 heterocycles. The fourth-order valence-corrected chi connectivity index (χ4v) is 2.13. The van der Waals surface area contributed by atoms with E-state index >= 15 is 0 Å². The van der Waals surface area contributed by atoms with Crippen LogP contribution in [0.5, 0.6) is 5.75 Å². The molecule has 0 aromatic heterocycles. The standard InChI is InChI=1S/C18H28N2O3/c1-12-9-13(2)11-15(10-12)23-8-7-16(21)19-14(3)17(22)20-18(4,5)6/h9-11,14H,7-8H2,1-6H3,(H,19,21)(H,20,22). The van der Waals surface area contributed by atoms with Gasteiger partial charge in [-0.25, -0.2) is 0 Å². The Kier molecular flexibility index (Phi) is 6.61. The van der Waals surface area contributed by atoms with Crippen molar-refractivity contribution in [3.63, 3.8) is 0 Å². The van der Waals surface area contributed by atoms with Crippen LogP contribution in [0.25, 0.3) is 0 Å². The second-order valence-corrected chi connectivity index (χ2v) is 6.95. The molecule has 0 fully saturated rings. The van der Waals surface area contributed by atoms with Crippen molar-refractivity contribution >= 4 is 11.8 Å². The number of aryl methyl sites for hydroxylation is 2. The number of carbonyl (C=O) groups excluding carboxylic acids is 2. The fraction of sp³-hybridized carbons (Fsp3) is 0.556. The summed E-state index contributed by atoms with van der Waals surface area (Å²) in [5.41, 5.74) is 1.93. The largest absolute Gasteiger partial charge is 0.493 e. The summed E-state index contributed by atoms with van der Waals surface area (Å²) in [6.07, 6.45) is 0.208. The van der Waals surface area contributed by atoms with Gasteiger partial charge in [0.1, 0.15) is 11.8 Å². The lowest BCUT2D eigenvalue weighted by atomic mass is 10.1. The van der Waals surface area contributed by atoms with Crippen LogP contribution in [-0.4, -0.2) is 30.0 Å². The molecule has 1 unspecified atom stereocenters. The van der Waals surface area contributed by atoms with E-state index in [0.29, 0.717) is 0 Å². The molecule has 5 heteroatoms. The van der Waals surface area contributed by atoms with E-state index in [2.05, 4.69) is 16.7 Å². The zero-order valence-electron chi connectivity index (χ0n) is 14.9. The Morgan fingerprint density at radius 2 is 1.70 bits per heavy atom. The van der Waals surface area contributed by atoms with Crippen molar-refractivity contribution in [2.75, 3.05) is 6.61 Å². The molecule has 1 atom stereocenters.